The zero-order valence-corrected chi connectivity index (χ0v) is 10.8. The number of nitrogens with two attached hydrogens (primary N) is 1. The lowest BCUT2D eigenvalue weighted by molar-refractivity contribution is 0.0296. The van der Waals surface area contributed by atoms with Gasteiger partial charge in [-0.3, -0.25) is 5.41 Å². The number of nitrogens with one attached hydrogen (secondary N) is 1. The first-order valence-electron chi connectivity index (χ1n) is 6.17. The maximum Gasteiger partial charge on any atom is 0.158 e. The predicted molar refractivity (Wildman–Crippen MR) is 69.9 cm³/mol. The summed E-state index contributed by atoms with van der Waals surface area (Å²) in [4.78, 5) is 10.6. The summed E-state index contributed by atoms with van der Waals surface area (Å²) in [5.74, 6) is 0.638. The third-order valence-electron chi connectivity index (χ3n) is 3.15. The van der Waals surface area contributed by atoms with E-state index in [1.54, 1.807) is 12.4 Å². The fourth-order valence-corrected chi connectivity index (χ4v) is 2.17. The SMILES string of the molecule is CCC1COC(C)CN1c1nccnc1C(=N)N. The number of hydrogen-bond donors (Lipinski definition) is 2. The van der Waals surface area contributed by atoms with Crippen molar-refractivity contribution in [3.63, 3.8) is 0 Å². The predicted octanol–water partition coefficient (Wildman–Crippen LogP) is 0.764. The third kappa shape index (κ3) is 2.43. The van der Waals surface area contributed by atoms with Crippen LogP contribution in [-0.2, 0) is 4.74 Å². The van der Waals surface area contributed by atoms with Crippen molar-refractivity contribution >= 4 is 11.7 Å². The lowest BCUT2D eigenvalue weighted by atomic mass is 10.1. The number of anilines is 1. The molecule has 1 saturated heterocycles. The lowest BCUT2D eigenvalue weighted by Crippen LogP contribution is -2.49. The van der Waals surface area contributed by atoms with Crippen LogP contribution < -0.4 is 10.6 Å². The van der Waals surface area contributed by atoms with Crippen molar-refractivity contribution in [2.45, 2.75) is 32.4 Å². The summed E-state index contributed by atoms with van der Waals surface area (Å²) in [6, 6.07) is 0.260. The molecule has 6 nitrogen and oxygen atoms in total. The Morgan fingerprint density at radius 1 is 1.56 bits per heavy atom. The molecular formula is C12H19N5O. The third-order valence-corrected chi connectivity index (χ3v) is 3.15. The fraction of sp³-hybridized carbons (Fsp3) is 0.583. The van der Waals surface area contributed by atoms with Gasteiger partial charge in [0.1, 0.15) is 11.5 Å². The maximum atomic E-state index is 7.59. The van der Waals surface area contributed by atoms with Crippen molar-refractivity contribution in [1.29, 1.82) is 5.41 Å². The maximum absolute atomic E-state index is 7.59. The minimum absolute atomic E-state index is 0.0490. The monoisotopic (exact) mass is 249 g/mol. The van der Waals surface area contributed by atoms with Gasteiger partial charge in [-0.15, -0.1) is 0 Å². The molecule has 0 aliphatic carbocycles. The van der Waals surface area contributed by atoms with E-state index in [9.17, 15) is 0 Å². The molecule has 2 heterocycles. The molecule has 1 aromatic rings. The van der Waals surface area contributed by atoms with Crippen molar-refractivity contribution < 1.29 is 4.74 Å². The van der Waals surface area contributed by atoms with Crippen LogP contribution in [0.3, 0.4) is 0 Å². The van der Waals surface area contributed by atoms with Gasteiger partial charge in [-0.25, -0.2) is 9.97 Å². The van der Waals surface area contributed by atoms with Crippen LogP contribution in [0, 0.1) is 5.41 Å². The van der Waals surface area contributed by atoms with Gasteiger partial charge in [0.15, 0.2) is 5.82 Å². The van der Waals surface area contributed by atoms with Gasteiger partial charge in [-0.05, 0) is 13.3 Å². The number of ether oxygens (including phenoxy) is 1. The van der Waals surface area contributed by atoms with Gasteiger partial charge >= 0.3 is 0 Å². The Balaban J connectivity index is 2.36. The van der Waals surface area contributed by atoms with E-state index in [0.717, 1.165) is 13.0 Å². The molecule has 18 heavy (non-hydrogen) atoms. The Morgan fingerprint density at radius 2 is 2.28 bits per heavy atom. The van der Waals surface area contributed by atoms with E-state index in [2.05, 4.69) is 21.8 Å². The number of rotatable bonds is 3. The van der Waals surface area contributed by atoms with Crippen LogP contribution >= 0.6 is 0 Å². The molecule has 1 fully saturated rings. The largest absolute Gasteiger partial charge is 0.382 e. The van der Waals surface area contributed by atoms with Gasteiger partial charge in [0.05, 0.1) is 18.8 Å². The van der Waals surface area contributed by atoms with Gasteiger partial charge in [-0.1, -0.05) is 6.92 Å². The highest BCUT2D eigenvalue weighted by Crippen LogP contribution is 2.23. The second kappa shape index (κ2) is 5.30. The summed E-state index contributed by atoms with van der Waals surface area (Å²) in [5.41, 5.74) is 6.01. The molecule has 0 radical (unpaired) electrons. The highest BCUT2D eigenvalue weighted by molar-refractivity contribution is 5.97. The molecule has 0 saturated carbocycles. The molecule has 0 spiro atoms. The molecule has 0 aromatic carbocycles. The minimum atomic E-state index is -0.0490. The molecule has 6 heteroatoms. The molecule has 0 bridgehead atoms. The number of nitrogens with zero attached hydrogens (tertiary/aromatic N) is 3. The molecule has 2 atom stereocenters. The van der Waals surface area contributed by atoms with Gasteiger partial charge in [0.25, 0.3) is 0 Å². The quantitative estimate of drug-likeness (QED) is 0.610. The highest BCUT2D eigenvalue weighted by Gasteiger charge is 2.29. The van der Waals surface area contributed by atoms with E-state index in [1.165, 1.54) is 0 Å². The number of hydrogen-bond acceptors (Lipinski definition) is 5. The zero-order chi connectivity index (χ0) is 13.1. The molecule has 0 amide bonds. The topological polar surface area (TPSA) is 88.1 Å². The van der Waals surface area contributed by atoms with E-state index in [4.69, 9.17) is 15.9 Å². The molecule has 1 aliphatic rings. The average Bonchev–Trinajstić information content (AvgIpc) is 2.38. The molecule has 2 rings (SSSR count). The molecule has 3 N–H and O–H groups in total. The Kier molecular flexibility index (Phi) is 3.76. The Hall–Kier alpha value is -1.69. The molecular weight excluding hydrogens is 230 g/mol. The van der Waals surface area contributed by atoms with Crippen molar-refractivity contribution in [2.24, 2.45) is 5.73 Å². The fourth-order valence-electron chi connectivity index (χ4n) is 2.17. The van der Waals surface area contributed by atoms with E-state index in [0.29, 0.717) is 18.1 Å². The van der Waals surface area contributed by atoms with Crippen LogP contribution in [0.15, 0.2) is 12.4 Å². The standard InChI is InChI=1S/C12H19N5O/c1-3-9-7-18-8(2)6-17(9)12-10(11(13)14)15-4-5-16-12/h4-5,8-9H,3,6-7H2,1-2H3,(H3,13,14). The van der Waals surface area contributed by atoms with Crippen molar-refractivity contribution in [1.82, 2.24) is 9.97 Å². The van der Waals surface area contributed by atoms with E-state index < -0.39 is 0 Å². The van der Waals surface area contributed by atoms with Crippen LogP contribution in [0.25, 0.3) is 0 Å². The van der Waals surface area contributed by atoms with E-state index >= 15 is 0 Å². The molecule has 1 aromatic heterocycles. The first-order chi connectivity index (χ1) is 8.63. The van der Waals surface area contributed by atoms with Crippen molar-refractivity contribution in [3.8, 4) is 0 Å². The summed E-state index contributed by atoms with van der Waals surface area (Å²) in [7, 11) is 0. The van der Waals surface area contributed by atoms with E-state index in [1.807, 2.05) is 6.92 Å². The van der Waals surface area contributed by atoms with Crippen molar-refractivity contribution in [2.75, 3.05) is 18.1 Å². The second-order valence-corrected chi connectivity index (χ2v) is 4.50. The Morgan fingerprint density at radius 3 is 2.94 bits per heavy atom. The second-order valence-electron chi connectivity index (χ2n) is 4.50. The normalized spacial score (nSPS) is 24.0. The average molecular weight is 249 g/mol. The smallest absolute Gasteiger partial charge is 0.158 e. The number of amidine groups is 1. The van der Waals surface area contributed by atoms with E-state index in [-0.39, 0.29) is 18.0 Å². The van der Waals surface area contributed by atoms with Gasteiger partial charge in [-0.2, -0.15) is 0 Å². The molecule has 2 unspecified atom stereocenters. The summed E-state index contributed by atoms with van der Waals surface area (Å²) >= 11 is 0. The van der Waals surface area contributed by atoms with Crippen LogP contribution in [-0.4, -0.2) is 41.1 Å². The molecule has 98 valence electrons. The summed E-state index contributed by atoms with van der Waals surface area (Å²) in [6.07, 6.45) is 4.30. The number of nitrogen functional groups attached to an aromatic ring is 1. The number of aromatic nitrogens is 2. The summed E-state index contributed by atoms with van der Waals surface area (Å²) in [6.45, 7) is 5.56. The van der Waals surface area contributed by atoms with Gasteiger partial charge in [0, 0.05) is 18.9 Å². The van der Waals surface area contributed by atoms with Crippen LogP contribution in [0.5, 0.6) is 0 Å². The first-order valence-corrected chi connectivity index (χ1v) is 6.17. The minimum Gasteiger partial charge on any atom is -0.382 e. The number of morpholine rings is 1. The summed E-state index contributed by atoms with van der Waals surface area (Å²) < 4.78 is 5.66. The van der Waals surface area contributed by atoms with Crippen LogP contribution in [0.1, 0.15) is 26.0 Å². The first kappa shape index (κ1) is 12.8. The van der Waals surface area contributed by atoms with Crippen LogP contribution in [0.2, 0.25) is 0 Å². The Labute approximate surface area is 107 Å². The summed E-state index contributed by atoms with van der Waals surface area (Å²) in [5, 5.41) is 7.59. The van der Waals surface area contributed by atoms with Gasteiger partial charge < -0.3 is 15.4 Å². The molecule has 1 aliphatic heterocycles. The van der Waals surface area contributed by atoms with Crippen molar-refractivity contribution in [3.05, 3.63) is 18.1 Å². The lowest BCUT2D eigenvalue weighted by Gasteiger charge is -2.39. The Bertz CT molecular complexity index is 436. The highest BCUT2D eigenvalue weighted by atomic mass is 16.5. The zero-order valence-electron chi connectivity index (χ0n) is 10.8. The van der Waals surface area contributed by atoms with Gasteiger partial charge in [0.2, 0.25) is 0 Å². The van der Waals surface area contributed by atoms with Crippen LogP contribution in [0.4, 0.5) is 5.82 Å².